The maximum atomic E-state index is 5.70. The van der Waals surface area contributed by atoms with Gasteiger partial charge in [-0.3, -0.25) is 4.98 Å². The first-order valence-corrected chi connectivity index (χ1v) is 4.15. The van der Waals surface area contributed by atoms with Gasteiger partial charge in [-0.25, -0.2) is 4.98 Å². The van der Waals surface area contributed by atoms with Crippen molar-refractivity contribution in [2.75, 3.05) is 5.73 Å². The Bertz CT molecular complexity index is 470. The van der Waals surface area contributed by atoms with Gasteiger partial charge < -0.3 is 10.3 Å². The van der Waals surface area contributed by atoms with E-state index in [1.54, 1.807) is 6.20 Å². The highest BCUT2D eigenvalue weighted by atomic mass is 15.1. The number of imidazole rings is 1. The van der Waals surface area contributed by atoms with Crippen LogP contribution in [0.25, 0.3) is 11.0 Å². The van der Waals surface area contributed by atoms with Crippen molar-refractivity contribution in [1.82, 2.24) is 14.5 Å². The van der Waals surface area contributed by atoms with E-state index in [9.17, 15) is 0 Å². The Morgan fingerprint density at radius 1 is 1.38 bits per heavy atom. The minimum Gasteiger partial charge on any atom is -0.369 e. The third-order valence-electron chi connectivity index (χ3n) is 2.44. The summed E-state index contributed by atoms with van der Waals surface area (Å²) in [5.74, 6) is 0.533. The molecular formula is C9H12N4. The van der Waals surface area contributed by atoms with E-state index < -0.39 is 0 Å². The van der Waals surface area contributed by atoms with Crippen molar-refractivity contribution in [3.05, 3.63) is 17.5 Å². The number of nitrogens with zero attached hydrogens (tertiary/aromatic N) is 3. The molecule has 0 radical (unpaired) electrons. The lowest BCUT2D eigenvalue weighted by atomic mass is 10.2. The molecule has 0 amide bonds. The molecule has 0 aromatic carbocycles. The van der Waals surface area contributed by atoms with E-state index in [-0.39, 0.29) is 0 Å². The first kappa shape index (κ1) is 8.04. The fraction of sp³-hybridized carbons (Fsp3) is 0.333. The van der Waals surface area contributed by atoms with Crippen molar-refractivity contribution in [3.63, 3.8) is 0 Å². The van der Waals surface area contributed by atoms with Gasteiger partial charge in [0, 0.05) is 12.7 Å². The highest BCUT2D eigenvalue weighted by Crippen LogP contribution is 2.20. The molecule has 2 rings (SSSR count). The van der Waals surface area contributed by atoms with E-state index in [2.05, 4.69) is 9.97 Å². The van der Waals surface area contributed by atoms with Gasteiger partial charge in [0.15, 0.2) is 0 Å². The van der Waals surface area contributed by atoms with E-state index in [0.29, 0.717) is 5.95 Å². The number of hydrogen-bond donors (Lipinski definition) is 1. The molecule has 2 aromatic rings. The number of pyridine rings is 1. The maximum Gasteiger partial charge on any atom is 0.201 e. The second-order valence-electron chi connectivity index (χ2n) is 3.23. The lowest BCUT2D eigenvalue weighted by molar-refractivity contribution is 0.957. The lowest BCUT2D eigenvalue weighted by Gasteiger charge is -2.02. The summed E-state index contributed by atoms with van der Waals surface area (Å²) in [5.41, 5.74) is 9.80. The van der Waals surface area contributed by atoms with Gasteiger partial charge in [-0.05, 0) is 19.4 Å². The van der Waals surface area contributed by atoms with Crippen LogP contribution >= 0.6 is 0 Å². The Hall–Kier alpha value is -1.58. The van der Waals surface area contributed by atoms with Gasteiger partial charge in [0.1, 0.15) is 5.52 Å². The van der Waals surface area contributed by atoms with Crippen LogP contribution in [0.5, 0.6) is 0 Å². The molecule has 0 aliphatic carbocycles. The molecule has 0 atom stereocenters. The average Bonchev–Trinajstić information content (AvgIpc) is 2.37. The smallest absolute Gasteiger partial charge is 0.201 e. The summed E-state index contributed by atoms with van der Waals surface area (Å²) >= 11 is 0. The van der Waals surface area contributed by atoms with Crippen molar-refractivity contribution in [1.29, 1.82) is 0 Å². The van der Waals surface area contributed by atoms with Crippen LogP contribution in [0.1, 0.15) is 11.3 Å². The second-order valence-corrected chi connectivity index (χ2v) is 3.23. The minimum atomic E-state index is 0.533. The van der Waals surface area contributed by atoms with Crippen molar-refractivity contribution in [2.45, 2.75) is 13.8 Å². The topological polar surface area (TPSA) is 56.7 Å². The van der Waals surface area contributed by atoms with E-state index in [4.69, 9.17) is 5.73 Å². The molecule has 13 heavy (non-hydrogen) atoms. The Balaban J connectivity index is 2.97. The largest absolute Gasteiger partial charge is 0.369 e. The van der Waals surface area contributed by atoms with Gasteiger partial charge in [-0.1, -0.05) is 0 Å². The molecule has 0 aliphatic heterocycles. The van der Waals surface area contributed by atoms with Crippen LogP contribution in [-0.4, -0.2) is 14.5 Å². The third kappa shape index (κ3) is 0.983. The maximum absolute atomic E-state index is 5.70. The van der Waals surface area contributed by atoms with Gasteiger partial charge >= 0.3 is 0 Å². The van der Waals surface area contributed by atoms with E-state index in [1.165, 1.54) is 0 Å². The molecule has 0 bridgehead atoms. The highest BCUT2D eigenvalue weighted by Gasteiger charge is 2.08. The van der Waals surface area contributed by atoms with E-state index >= 15 is 0 Å². The second kappa shape index (κ2) is 2.45. The normalized spacial score (nSPS) is 11.0. The van der Waals surface area contributed by atoms with Crippen LogP contribution in [0.3, 0.4) is 0 Å². The Morgan fingerprint density at radius 2 is 2.08 bits per heavy atom. The zero-order valence-electron chi connectivity index (χ0n) is 8.00. The number of aryl methyl sites for hydroxylation is 3. The number of fused-ring (bicyclic) bond motifs is 1. The monoisotopic (exact) mass is 176 g/mol. The zero-order valence-corrected chi connectivity index (χ0v) is 8.00. The predicted octanol–water partition coefficient (Wildman–Crippen LogP) is 1.17. The van der Waals surface area contributed by atoms with Crippen LogP contribution in [-0.2, 0) is 7.05 Å². The van der Waals surface area contributed by atoms with Gasteiger partial charge in [0.05, 0.1) is 11.7 Å². The highest BCUT2D eigenvalue weighted by molar-refractivity contribution is 5.81. The minimum absolute atomic E-state index is 0.533. The van der Waals surface area contributed by atoms with Crippen LogP contribution < -0.4 is 5.73 Å². The quantitative estimate of drug-likeness (QED) is 0.655. The Morgan fingerprint density at radius 3 is 2.77 bits per heavy atom. The van der Waals surface area contributed by atoms with Gasteiger partial charge in [0.25, 0.3) is 0 Å². The summed E-state index contributed by atoms with van der Waals surface area (Å²) in [6.45, 7) is 4.02. The van der Waals surface area contributed by atoms with E-state index in [0.717, 1.165) is 22.3 Å². The van der Waals surface area contributed by atoms with Gasteiger partial charge in [-0.2, -0.15) is 0 Å². The number of nitrogens with two attached hydrogens (primary N) is 1. The first-order valence-electron chi connectivity index (χ1n) is 4.15. The van der Waals surface area contributed by atoms with Crippen molar-refractivity contribution < 1.29 is 0 Å². The van der Waals surface area contributed by atoms with Crippen molar-refractivity contribution >= 4 is 17.0 Å². The summed E-state index contributed by atoms with van der Waals surface area (Å²) in [6.07, 6.45) is 1.76. The molecule has 2 N–H and O–H groups in total. The molecule has 4 nitrogen and oxygen atoms in total. The molecule has 4 heteroatoms. The van der Waals surface area contributed by atoms with E-state index in [1.807, 2.05) is 25.5 Å². The number of anilines is 1. The molecule has 0 aliphatic rings. The summed E-state index contributed by atoms with van der Waals surface area (Å²) < 4.78 is 1.89. The zero-order chi connectivity index (χ0) is 9.59. The van der Waals surface area contributed by atoms with Crippen LogP contribution in [0, 0.1) is 13.8 Å². The molecule has 0 saturated heterocycles. The molecule has 68 valence electrons. The Labute approximate surface area is 76.4 Å². The molecule has 0 spiro atoms. The number of aromatic nitrogens is 3. The summed E-state index contributed by atoms with van der Waals surface area (Å²) in [7, 11) is 1.91. The fourth-order valence-corrected chi connectivity index (χ4v) is 1.50. The summed E-state index contributed by atoms with van der Waals surface area (Å²) in [4.78, 5) is 8.42. The van der Waals surface area contributed by atoms with Crippen molar-refractivity contribution in [3.8, 4) is 0 Å². The number of rotatable bonds is 0. The third-order valence-corrected chi connectivity index (χ3v) is 2.44. The molecular weight excluding hydrogens is 164 g/mol. The summed E-state index contributed by atoms with van der Waals surface area (Å²) in [5, 5.41) is 0. The lowest BCUT2D eigenvalue weighted by Crippen LogP contribution is -1.98. The number of nitrogen functional groups attached to an aromatic ring is 1. The van der Waals surface area contributed by atoms with Gasteiger partial charge in [-0.15, -0.1) is 0 Å². The molecule has 2 aromatic heterocycles. The number of hydrogen-bond acceptors (Lipinski definition) is 3. The van der Waals surface area contributed by atoms with Crippen LogP contribution in [0.15, 0.2) is 6.20 Å². The average molecular weight is 176 g/mol. The molecule has 0 unspecified atom stereocenters. The standard InChI is InChI=1S/C9H12N4/c1-5-6(2)11-4-7-8(5)13(3)9(10)12-7/h4H,1-3H3,(H2,10,12). The molecule has 2 heterocycles. The van der Waals surface area contributed by atoms with Crippen LogP contribution in [0.4, 0.5) is 5.95 Å². The Kier molecular flexibility index (Phi) is 1.52. The first-order chi connectivity index (χ1) is 6.11. The summed E-state index contributed by atoms with van der Waals surface area (Å²) in [6, 6.07) is 0. The van der Waals surface area contributed by atoms with Crippen LogP contribution in [0.2, 0.25) is 0 Å². The molecule has 0 fully saturated rings. The predicted molar refractivity (Wildman–Crippen MR) is 52.4 cm³/mol. The molecule has 0 saturated carbocycles. The van der Waals surface area contributed by atoms with Crippen molar-refractivity contribution in [2.24, 2.45) is 7.05 Å². The fourth-order valence-electron chi connectivity index (χ4n) is 1.50. The van der Waals surface area contributed by atoms with Gasteiger partial charge in [0.2, 0.25) is 5.95 Å². The SMILES string of the molecule is Cc1ncc2nc(N)n(C)c2c1C.